The quantitative estimate of drug-likeness (QED) is 0.456. The molecule has 2 aromatic heterocycles. The molecule has 0 bridgehead atoms. The maximum Gasteiger partial charge on any atom is 0.144 e. The number of hydrogen-bond donors (Lipinski definition) is 2. The average Bonchev–Trinajstić information content (AvgIpc) is 2.77. The molecule has 5 heteroatoms. The Labute approximate surface area is 85.5 Å². The van der Waals surface area contributed by atoms with E-state index in [-0.39, 0.29) is 0 Å². The van der Waals surface area contributed by atoms with Crippen LogP contribution in [0.2, 0.25) is 0 Å². The van der Waals surface area contributed by atoms with Gasteiger partial charge in [0, 0.05) is 5.39 Å². The number of hydrogen-bond acceptors (Lipinski definition) is 4. The van der Waals surface area contributed by atoms with Crippen LogP contribution in [0, 0.1) is 0 Å². The van der Waals surface area contributed by atoms with Gasteiger partial charge in [0.2, 0.25) is 0 Å². The molecule has 0 aliphatic carbocycles. The Morgan fingerprint density at radius 3 is 3.00 bits per heavy atom. The third kappa shape index (κ3) is 1.07. The zero-order valence-electron chi connectivity index (χ0n) is 7.88. The Kier molecular flexibility index (Phi) is 1.60. The summed E-state index contributed by atoms with van der Waals surface area (Å²) in [6, 6.07) is 9.99. The van der Waals surface area contributed by atoms with Crippen molar-refractivity contribution in [3.05, 3.63) is 36.5 Å². The molecule has 3 aromatic rings. The Balaban J connectivity index is 2.57. The summed E-state index contributed by atoms with van der Waals surface area (Å²) in [6.07, 6.45) is 1.73. The number of benzene rings is 1. The monoisotopic (exact) mass is 199 g/mol. The average molecular weight is 199 g/mol. The first kappa shape index (κ1) is 8.19. The van der Waals surface area contributed by atoms with Crippen LogP contribution in [0.4, 0.5) is 5.82 Å². The van der Waals surface area contributed by atoms with Crippen LogP contribution in [-0.2, 0) is 0 Å². The minimum absolute atomic E-state index is 0.723. The highest BCUT2D eigenvalue weighted by atomic mass is 15.4. The Bertz CT molecular complexity index is 628. The van der Waals surface area contributed by atoms with Gasteiger partial charge < -0.3 is 5.43 Å². The number of nitrogen functional groups attached to an aromatic ring is 1. The highest BCUT2D eigenvalue weighted by molar-refractivity contribution is 5.97. The maximum atomic E-state index is 5.43. The number of rotatable bonds is 1. The van der Waals surface area contributed by atoms with Crippen molar-refractivity contribution >= 4 is 22.1 Å². The minimum Gasteiger partial charge on any atom is -0.308 e. The van der Waals surface area contributed by atoms with Gasteiger partial charge >= 0.3 is 0 Å². The van der Waals surface area contributed by atoms with Crippen LogP contribution >= 0.6 is 0 Å². The lowest BCUT2D eigenvalue weighted by Gasteiger charge is -2.05. The molecular weight excluding hydrogens is 190 g/mol. The molecule has 15 heavy (non-hydrogen) atoms. The molecule has 1 aromatic carbocycles. The summed E-state index contributed by atoms with van der Waals surface area (Å²) in [5, 5.41) is 10.1. The van der Waals surface area contributed by atoms with Gasteiger partial charge in [-0.25, -0.2) is 5.84 Å². The standard InChI is InChI=1S/C10H9N5/c11-13-10-5-7-3-1-2-4-8(7)9-6-12-14-15(9)10/h1-6,13H,11H2. The molecule has 0 atom stereocenters. The first-order chi connectivity index (χ1) is 7.40. The van der Waals surface area contributed by atoms with Crippen LogP contribution in [0.15, 0.2) is 36.5 Å². The van der Waals surface area contributed by atoms with E-state index in [1.807, 2.05) is 30.3 Å². The van der Waals surface area contributed by atoms with E-state index in [1.54, 1.807) is 10.7 Å². The molecule has 3 rings (SSSR count). The van der Waals surface area contributed by atoms with Crippen LogP contribution in [-0.4, -0.2) is 14.8 Å². The van der Waals surface area contributed by atoms with Crippen molar-refractivity contribution in [2.24, 2.45) is 5.84 Å². The van der Waals surface area contributed by atoms with Gasteiger partial charge in [0.15, 0.2) is 0 Å². The van der Waals surface area contributed by atoms with E-state index in [0.29, 0.717) is 0 Å². The second-order valence-electron chi connectivity index (χ2n) is 3.29. The van der Waals surface area contributed by atoms with Crippen molar-refractivity contribution in [2.45, 2.75) is 0 Å². The van der Waals surface area contributed by atoms with Gasteiger partial charge in [-0.1, -0.05) is 29.5 Å². The van der Waals surface area contributed by atoms with Gasteiger partial charge in [-0.05, 0) is 11.5 Å². The zero-order chi connectivity index (χ0) is 10.3. The number of pyridine rings is 1. The summed E-state index contributed by atoms with van der Waals surface area (Å²) in [6.45, 7) is 0. The molecule has 0 saturated carbocycles. The SMILES string of the molecule is NNc1cc2ccccc2c2cnnn12. The molecule has 0 aliphatic rings. The number of fused-ring (bicyclic) bond motifs is 3. The van der Waals surface area contributed by atoms with Crippen LogP contribution in [0.3, 0.4) is 0 Å². The van der Waals surface area contributed by atoms with Gasteiger partial charge in [0.1, 0.15) is 5.82 Å². The van der Waals surface area contributed by atoms with E-state index in [1.165, 1.54) is 0 Å². The number of nitrogens with one attached hydrogen (secondary N) is 1. The fourth-order valence-electron chi connectivity index (χ4n) is 1.76. The van der Waals surface area contributed by atoms with E-state index >= 15 is 0 Å². The molecule has 3 N–H and O–H groups in total. The van der Waals surface area contributed by atoms with Crippen LogP contribution in [0.5, 0.6) is 0 Å². The molecule has 0 saturated heterocycles. The lowest BCUT2D eigenvalue weighted by Crippen LogP contribution is -2.11. The molecule has 0 unspecified atom stereocenters. The Hall–Kier alpha value is -2.14. The van der Waals surface area contributed by atoms with E-state index in [9.17, 15) is 0 Å². The second kappa shape index (κ2) is 2.93. The van der Waals surface area contributed by atoms with Crippen molar-refractivity contribution < 1.29 is 0 Å². The lowest BCUT2D eigenvalue weighted by atomic mass is 10.1. The zero-order valence-corrected chi connectivity index (χ0v) is 7.88. The van der Waals surface area contributed by atoms with Crippen LogP contribution < -0.4 is 11.3 Å². The topological polar surface area (TPSA) is 68.2 Å². The van der Waals surface area contributed by atoms with Crippen molar-refractivity contribution in [3.8, 4) is 0 Å². The highest BCUT2D eigenvalue weighted by Gasteiger charge is 2.05. The fourth-order valence-corrected chi connectivity index (χ4v) is 1.76. The molecule has 74 valence electrons. The van der Waals surface area contributed by atoms with Crippen LogP contribution in [0.1, 0.15) is 0 Å². The van der Waals surface area contributed by atoms with Gasteiger partial charge in [-0.15, -0.1) is 5.10 Å². The first-order valence-corrected chi connectivity index (χ1v) is 4.59. The van der Waals surface area contributed by atoms with E-state index in [0.717, 1.165) is 22.1 Å². The molecule has 0 amide bonds. The van der Waals surface area contributed by atoms with Gasteiger partial charge in [0.25, 0.3) is 0 Å². The van der Waals surface area contributed by atoms with E-state index < -0.39 is 0 Å². The van der Waals surface area contributed by atoms with Crippen molar-refractivity contribution in [1.29, 1.82) is 0 Å². The fraction of sp³-hybridized carbons (Fsp3) is 0. The number of aromatic nitrogens is 3. The second-order valence-corrected chi connectivity index (χ2v) is 3.29. The summed E-state index contributed by atoms with van der Waals surface area (Å²) in [7, 11) is 0. The van der Waals surface area contributed by atoms with E-state index in [4.69, 9.17) is 5.84 Å². The maximum absolute atomic E-state index is 5.43. The predicted molar refractivity (Wildman–Crippen MR) is 58.3 cm³/mol. The Morgan fingerprint density at radius 1 is 1.27 bits per heavy atom. The van der Waals surface area contributed by atoms with Crippen LogP contribution in [0.25, 0.3) is 16.3 Å². The number of nitrogens with zero attached hydrogens (tertiary/aromatic N) is 3. The summed E-state index contributed by atoms with van der Waals surface area (Å²) in [4.78, 5) is 0. The summed E-state index contributed by atoms with van der Waals surface area (Å²) >= 11 is 0. The molecular formula is C10H9N5. The highest BCUT2D eigenvalue weighted by Crippen LogP contribution is 2.22. The summed E-state index contributed by atoms with van der Waals surface area (Å²) < 4.78 is 1.68. The number of nitrogens with two attached hydrogens (primary N) is 1. The smallest absolute Gasteiger partial charge is 0.144 e. The minimum atomic E-state index is 0.723. The number of hydrazine groups is 1. The van der Waals surface area contributed by atoms with Gasteiger partial charge in [-0.2, -0.15) is 4.52 Å². The largest absolute Gasteiger partial charge is 0.308 e. The molecule has 2 heterocycles. The Morgan fingerprint density at radius 2 is 2.13 bits per heavy atom. The normalized spacial score (nSPS) is 11.0. The molecule has 0 aliphatic heterocycles. The van der Waals surface area contributed by atoms with Crippen molar-refractivity contribution in [1.82, 2.24) is 14.8 Å². The first-order valence-electron chi connectivity index (χ1n) is 4.59. The number of anilines is 1. The van der Waals surface area contributed by atoms with Gasteiger partial charge in [-0.3, -0.25) is 0 Å². The summed E-state index contributed by atoms with van der Waals surface area (Å²) in [5.74, 6) is 6.15. The van der Waals surface area contributed by atoms with E-state index in [2.05, 4.69) is 15.7 Å². The predicted octanol–water partition coefficient (Wildman–Crippen LogP) is 1.17. The third-order valence-electron chi connectivity index (χ3n) is 2.45. The van der Waals surface area contributed by atoms with Crippen molar-refractivity contribution in [3.63, 3.8) is 0 Å². The molecule has 0 fully saturated rings. The molecule has 0 spiro atoms. The molecule has 5 nitrogen and oxygen atoms in total. The van der Waals surface area contributed by atoms with Crippen molar-refractivity contribution in [2.75, 3.05) is 5.43 Å². The summed E-state index contributed by atoms with van der Waals surface area (Å²) in [5.41, 5.74) is 3.55. The molecule has 0 radical (unpaired) electrons. The third-order valence-corrected chi connectivity index (χ3v) is 2.45. The lowest BCUT2D eigenvalue weighted by molar-refractivity contribution is 0.859. The van der Waals surface area contributed by atoms with Gasteiger partial charge in [0.05, 0.1) is 11.7 Å².